The van der Waals surface area contributed by atoms with Gasteiger partial charge in [0.1, 0.15) is 5.82 Å². The van der Waals surface area contributed by atoms with Gasteiger partial charge in [-0.25, -0.2) is 4.98 Å². The Bertz CT molecular complexity index is 345. The van der Waals surface area contributed by atoms with Gasteiger partial charge in [0.15, 0.2) is 0 Å². The lowest BCUT2D eigenvalue weighted by Gasteiger charge is -2.17. The van der Waals surface area contributed by atoms with E-state index in [2.05, 4.69) is 9.97 Å². The van der Waals surface area contributed by atoms with Gasteiger partial charge in [-0.05, 0) is 6.92 Å². The van der Waals surface area contributed by atoms with Crippen LogP contribution >= 0.6 is 0 Å². The number of rotatable bonds is 1. The molecule has 3 nitrogen and oxygen atoms in total. The second kappa shape index (κ2) is 3.52. The predicted molar refractivity (Wildman–Crippen MR) is 52.0 cm³/mol. The van der Waals surface area contributed by atoms with Gasteiger partial charge in [-0.3, -0.25) is 0 Å². The van der Waals surface area contributed by atoms with Gasteiger partial charge in [-0.15, -0.1) is 0 Å². The summed E-state index contributed by atoms with van der Waals surface area (Å²) in [5.74, 6) is 0.121. The summed E-state index contributed by atoms with van der Waals surface area (Å²) < 4.78 is 18.2. The maximum absolute atomic E-state index is 13.3. The summed E-state index contributed by atoms with van der Waals surface area (Å²) >= 11 is 0. The third-order valence-corrected chi connectivity index (χ3v) is 1.85. The van der Waals surface area contributed by atoms with Crippen molar-refractivity contribution >= 4 is 0 Å². The first-order valence-electron chi connectivity index (χ1n) is 4.45. The van der Waals surface area contributed by atoms with Gasteiger partial charge < -0.3 is 4.74 Å². The standard InChI is InChI=1S/C10H15FN2O/c1-6-7(11)8(14-5)13-9(12-6)10(2,3)4/h1-5H3. The maximum atomic E-state index is 13.3. The topological polar surface area (TPSA) is 35.0 Å². The van der Waals surface area contributed by atoms with Crippen LogP contribution in [0.25, 0.3) is 0 Å². The van der Waals surface area contributed by atoms with E-state index < -0.39 is 5.82 Å². The summed E-state index contributed by atoms with van der Waals surface area (Å²) in [6.07, 6.45) is 0. The molecule has 4 heteroatoms. The van der Waals surface area contributed by atoms with Gasteiger partial charge >= 0.3 is 0 Å². The second-order valence-corrected chi connectivity index (χ2v) is 4.21. The summed E-state index contributed by atoms with van der Waals surface area (Å²) in [5.41, 5.74) is 0.118. The Hall–Kier alpha value is -1.19. The molecule has 1 rings (SSSR count). The Balaban J connectivity index is 3.30. The Morgan fingerprint density at radius 2 is 1.79 bits per heavy atom. The van der Waals surface area contributed by atoms with E-state index in [1.165, 1.54) is 7.11 Å². The summed E-state index contributed by atoms with van der Waals surface area (Å²) in [6, 6.07) is 0. The Kier molecular flexibility index (Phi) is 2.73. The monoisotopic (exact) mass is 198 g/mol. The fourth-order valence-corrected chi connectivity index (χ4v) is 1.00. The molecular formula is C10H15FN2O. The zero-order valence-electron chi connectivity index (χ0n) is 9.18. The molecule has 1 aromatic rings. The third kappa shape index (κ3) is 2.00. The normalized spacial score (nSPS) is 11.6. The lowest BCUT2D eigenvalue weighted by atomic mass is 9.95. The van der Waals surface area contributed by atoms with Crippen LogP contribution in [0.15, 0.2) is 0 Å². The number of aromatic nitrogens is 2. The zero-order chi connectivity index (χ0) is 10.9. The smallest absolute Gasteiger partial charge is 0.253 e. The number of hydrogen-bond acceptors (Lipinski definition) is 3. The van der Waals surface area contributed by atoms with Gasteiger partial charge in [-0.1, -0.05) is 20.8 Å². The molecule has 0 atom stereocenters. The first-order chi connectivity index (χ1) is 6.36. The van der Waals surface area contributed by atoms with E-state index in [0.717, 1.165) is 0 Å². The first-order valence-corrected chi connectivity index (χ1v) is 4.45. The van der Waals surface area contributed by atoms with Crippen molar-refractivity contribution in [3.8, 4) is 5.88 Å². The molecule has 0 saturated carbocycles. The molecule has 0 aromatic carbocycles. The molecule has 0 saturated heterocycles. The molecular weight excluding hydrogens is 183 g/mol. The van der Waals surface area contributed by atoms with E-state index in [9.17, 15) is 4.39 Å². The molecule has 0 unspecified atom stereocenters. The van der Waals surface area contributed by atoms with Crippen LogP contribution in [0.2, 0.25) is 0 Å². The minimum Gasteiger partial charge on any atom is -0.479 e. The van der Waals surface area contributed by atoms with Crippen LogP contribution in [0.1, 0.15) is 32.3 Å². The van der Waals surface area contributed by atoms with Crippen molar-refractivity contribution in [2.24, 2.45) is 0 Å². The average Bonchev–Trinajstić information content (AvgIpc) is 2.07. The summed E-state index contributed by atoms with van der Waals surface area (Å²) in [6.45, 7) is 7.52. The molecule has 0 aliphatic carbocycles. The number of halogens is 1. The highest BCUT2D eigenvalue weighted by Gasteiger charge is 2.21. The van der Waals surface area contributed by atoms with E-state index in [1.807, 2.05) is 20.8 Å². The highest BCUT2D eigenvalue weighted by molar-refractivity contribution is 5.20. The van der Waals surface area contributed by atoms with Crippen molar-refractivity contribution in [2.45, 2.75) is 33.1 Å². The quantitative estimate of drug-likeness (QED) is 0.694. The lowest BCUT2D eigenvalue weighted by molar-refractivity contribution is 0.357. The number of ether oxygens (including phenoxy) is 1. The Labute approximate surface area is 83.3 Å². The molecule has 0 N–H and O–H groups in total. The Morgan fingerprint density at radius 1 is 1.21 bits per heavy atom. The molecule has 1 aromatic heterocycles. The van der Waals surface area contributed by atoms with E-state index in [-0.39, 0.29) is 11.3 Å². The predicted octanol–water partition coefficient (Wildman–Crippen LogP) is 2.23. The van der Waals surface area contributed by atoms with Crippen LogP contribution in [0, 0.1) is 12.7 Å². The van der Waals surface area contributed by atoms with Gasteiger partial charge in [0.25, 0.3) is 5.88 Å². The van der Waals surface area contributed by atoms with E-state index in [4.69, 9.17) is 4.74 Å². The summed E-state index contributed by atoms with van der Waals surface area (Å²) in [7, 11) is 1.40. The number of nitrogens with zero attached hydrogens (tertiary/aromatic N) is 2. The van der Waals surface area contributed by atoms with E-state index >= 15 is 0 Å². The molecule has 0 aliphatic heterocycles. The molecule has 0 spiro atoms. The van der Waals surface area contributed by atoms with E-state index in [0.29, 0.717) is 11.5 Å². The molecule has 78 valence electrons. The molecule has 14 heavy (non-hydrogen) atoms. The van der Waals surface area contributed by atoms with Crippen molar-refractivity contribution in [3.05, 3.63) is 17.3 Å². The van der Waals surface area contributed by atoms with E-state index in [1.54, 1.807) is 6.92 Å². The molecule has 1 heterocycles. The second-order valence-electron chi connectivity index (χ2n) is 4.21. The van der Waals surface area contributed by atoms with Crippen LogP contribution in [0.5, 0.6) is 5.88 Å². The van der Waals surface area contributed by atoms with Crippen molar-refractivity contribution in [2.75, 3.05) is 7.11 Å². The zero-order valence-corrected chi connectivity index (χ0v) is 9.18. The van der Waals surface area contributed by atoms with Crippen LogP contribution in [-0.2, 0) is 5.41 Å². The Morgan fingerprint density at radius 3 is 2.21 bits per heavy atom. The highest BCUT2D eigenvalue weighted by Crippen LogP contribution is 2.23. The molecule has 0 fully saturated rings. The number of methoxy groups -OCH3 is 1. The minimum absolute atomic E-state index is 0.0161. The van der Waals surface area contributed by atoms with Gasteiger partial charge in [0, 0.05) is 5.41 Å². The fourth-order valence-electron chi connectivity index (χ4n) is 1.00. The number of hydrogen-bond donors (Lipinski definition) is 0. The van der Waals surface area contributed by atoms with Gasteiger partial charge in [0.2, 0.25) is 5.82 Å². The molecule has 0 amide bonds. The maximum Gasteiger partial charge on any atom is 0.253 e. The van der Waals surface area contributed by atoms with Crippen LogP contribution in [0.4, 0.5) is 4.39 Å². The summed E-state index contributed by atoms with van der Waals surface area (Å²) in [4.78, 5) is 8.10. The van der Waals surface area contributed by atoms with Crippen LogP contribution < -0.4 is 4.74 Å². The molecule has 0 radical (unpaired) electrons. The largest absolute Gasteiger partial charge is 0.479 e. The van der Waals surface area contributed by atoms with Crippen molar-refractivity contribution < 1.29 is 9.13 Å². The fraction of sp³-hybridized carbons (Fsp3) is 0.600. The van der Waals surface area contributed by atoms with Gasteiger partial charge in [0.05, 0.1) is 12.8 Å². The number of aryl methyl sites for hydroxylation is 1. The summed E-state index contributed by atoms with van der Waals surface area (Å²) in [5, 5.41) is 0. The third-order valence-electron chi connectivity index (χ3n) is 1.85. The SMILES string of the molecule is COc1nc(C(C)(C)C)nc(C)c1F. The first kappa shape index (κ1) is 10.9. The van der Waals surface area contributed by atoms with Crippen molar-refractivity contribution in [1.29, 1.82) is 0 Å². The molecule has 0 aliphatic rings. The van der Waals surface area contributed by atoms with Crippen LogP contribution in [-0.4, -0.2) is 17.1 Å². The highest BCUT2D eigenvalue weighted by atomic mass is 19.1. The van der Waals surface area contributed by atoms with Gasteiger partial charge in [-0.2, -0.15) is 9.37 Å². The van der Waals surface area contributed by atoms with Crippen molar-refractivity contribution in [3.63, 3.8) is 0 Å². The molecule has 0 bridgehead atoms. The van der Waals surface area contributed by atoms with Crippen molar-refractivity contribution in [1.82, 2.24) is 9.97 Å². The van der Waals surface area contributed by atoms with Crippen LogP contribution in [0.3, 0.4) is 0 Å². The average molecular weight is 198 g/mol. The lowest BCUT2D eigenvalue weighted by Crippen LogP contribution is -2.18. The minimum atomic E-state index is -0.486.